The molecule has 1 aromatic rings. The normalized spacial score (nSPS) is 14.6. The molecule has 0 radical (unpaired) electrons. The van der Waals surface area contributed by atoms with Crippen molar-refractivity contribution in [3.63, 3.8) is 0 Å². The number of carboxylic acids is 1. The number of benzene rings is 1. The Labute approximate surface area is 123 Å². The molecule has 6 nitrogen and oxygen atoms in total. The Morgan fingerprint density at radius 2 is 2.19 bits per heavy atom. The number of hydrogen-bond donors (Lipinski definition) is 3. The summed E-state index contributed by atoms with van der Waals surface area (Å²) < 4.78 is 5.53. The summed E-state index contributed by atoms with van der Waals surface area (Å²) in [4.78, 5) is 23.6. The molecule has 0 bridgehead atoms. The molecular weight excluding hydrogens is 272 g/mol. The molecule has 1 aliphatic heterocycles. The molecule has 1 atom stereocenters. The standard InChI is InChI=1S/C15H20N2O4/c1-9(2)8-12(15(19)20)17-14(18)10-4-3-5-11-13(10)21-7-6-16-11/h3-5,9,12,16H,6-8H2,1-2H3,(H,17,18)(H,19,20)/t12-/m1/s1. The third-order valence-electron chi connectivity index (χ3n) is 3.23. The van der Waals surface area contributed by atoms with Crippen LogP contribution < -0.4 is 15.4 Å². The Morgan fingerprint density at radius 1 is 1.43 bits per heavy atom. The van der Waals surface area contributed by atoms with E-state index in [1.165, 1.54) is 0 Å². The Balaban J connectivity index is 2.18. The monoisotopic (exact) mass is 292 g/mol. The largest absolute Gasteiger partial charge is 0.489 e. The van der Waals surface area contributed by atoms with Crippen molar-refractivity contribution in [2.75, 3.05) is 18.5 Å². The van der Waals surface area contributed by atoms with Gasteiger partial charge in [-0.05, 0) is 24.5 Å². The Bertz CT molecular complexity index is 542. The van der Waals surface area contributed by atoms with Crippen LogP contribution in [0, 0.1) is 5.92 Å². The first-order valence-electron chi connectivity index (χ1n) is 7.02. The second-order valence-corrected chi connectivity index (χ2v) is 5.45. The van der Waals surface area contributed by atoms with Gasteiger partial charge in [-0.2, -0.15) is 0 Å². The Hall–Kier alpha value is -2.24. The smallest absolute Gasteiger partial charge is 0.326 e. The van der Waals surface area contributed by atoms with Crippen LogP contribution in [0.15, 0.2) is 18.2 Å². The van der Waals surface area contributed by atoms with Crippen LogP contribution in [0.3, 0.4) is 0 Å². The van der Waals surface area contributed by atoms with Crippen molar-refractivity contribution in [2.24, 2.45) is 5.92 Å². The van der Waals surface area contributed by atoms with Gasteiger partial charge in [-0.1, -0.05) is 19.9 Å². The lowest BCUT2D eigenvalue weighted by Crippen LogP contribution is -2.41. The van der Waals surface area contributed by atoms with E-state index < -0.39 is 17.9 Å². The fraction of sp³-hybridized carbons (Fsp3) is 0.467. The van der Waals surface area contributed by atoms with Crippen molar-refractivity contribution < 1.29 is 19.4 Å². The highest BCUT2D eigenvalue weighted by Gasteiger charge is 2.25. The van der Waals surface area contributed by atoms with Crippen molar-refractivity contribution in [1.29, 1.82) is 0 Å². The van der Waals surface area contributed by atoms with Gasteiger partial charge in [0.1, 0.15) is 12.6 Å². The fourth-order valence-electron chi connectivity index (χ4n) is 2.28. The van der Waals surface area contributed by atoms with Crippen LogP contribution in [-0.2, 0) is 4.79 Å². The van der Waals surface area contributed by atoms with Gasteiger partial charge in [-0.15, -0.1) is 0 Å². The molecular formula is C15H20N2O4. The number of anilines is 1. The van der Waals surface area contributed by atoms with E-state index in [0.717, 1.165) is 5.69 Å². The predicted molar refractivity (Wildman–Crippen MR) is 78.8 cm³/mol. The van der Waals surface area contributed by atoms with Gasteiger partial charge in [0.05, 0.1) is 11.3 Å². The molecule has 0 saturated heterocycles. The van der Waals surface area contributed by atoms with E-state index >= 15 is 0 Å². The lowest BCUT2D eigenvalue weighted by molar-refractivity contribution is -0.139. The summed E-state index contributed by atoms with van der Waals surface area (Å²) in [6, 6.07) is 4.31. The summed E-state index contributed by atoms with van der Waals surface area (Å²) in [5.74, 6) is -0.798. The van der Waals surface area contributed by atoms with E-state index in [2.05, 4.69) is 10.6 Å². The van der Waals surface area contributed by atoms with Crippen LogP contribution in [0.25, 0.3) is 0 Å². The maximum absolute atomic E-state index is 12.3. The van der Waals surface area contributed by atoms with Gasteiger partial charge in [0.15, 0.2) is 5.75 Å². The van der Waals surface area contributed by atoms with Crippen LogP contribution in [-0.4, -0.2) is 36.2 Å². The van der Waals surface area contributed by atoms with E-state index in [9.17, 15) is 14.7 Å². The molecule has 0 aliphatic carbocycles. The number of ether oxygens (including phenoxy) is 1. The molecule has 6 heteroatoms. The van der Waals surface area contributed by atoms with Gasteiger partial charge in [0, 0.05) is 6.54 Å². The zero-order valence-electron chi connectivity index (χ0n) is 12.2. The molecule has 1 aromatic carbocycles. The second kappa shape index (κ2) is 6.47. The summed E-state index contributed by atoms with van der Waals surface area (Å²) in [5.41, 5.74) is 1.11. The Morgan fingerprint density at radius 3 is 2.86 bits per heavy atom. The first kappa shape index (κ1) is 15.2. The molecule has 1 heterocycles. The van der Waals surface area contributed by atoms with Crippen LogP contribution in [0.2, 0.25) is 0 Å². The summed E-state index contributed by atoms with van der Waals surface area (Å²) in [6.45, 7) is 4.99. The number of hydrogen-bond acceptors (Lipinski definition) is 4. The summed E-state index contributed by atoms with van der Waals surface area (Å²) in [5, 5.41) is 14.9. The molecule has 0 aromatic heterocycles. The average Bonchev–Trinajstić information content (AvgIpc) is 2.45. The van der Waals surface area contributed by atoms with E-state index in [1.807, 2.05) is 19.9 Å². The zero-order chi connectivity index (χ0) is 15.4. The summed E-state index contributed by atoms with van der Waals surface area (Å²) in [7, 11) is 0. The van der Waals surface area contributed by atoms with E-state index in [4.69, 9.17) is 4.74 Å². The highest BCUT2D eigenvalue weighted by atomic mass is 16.5. The molecule has 3 N–H and O–H groups in total. The van der Waals surface area contributed by atoms with Crippen molar-refractivity contribution in [1.82, 2.24) is 5.32 Å². The number of carboxylic acid groups (broad SMARTS) is 1. The third kappa shape index (κ3) is 3.65. The van der Waals surface area contributed by atoms with Crippen molar-refractivity contribution >= 4 is 17.6 Å². The minimum atomic E-state index is -1.03. The van der Waals surface area contributed by atoms with Crippen molar-refractivity contribution in [3.8, 4) is 5.75 Å². The van der Waals surface area contributed by atoms with Gasteiger partial charge in [-0.3, -0.25) is 4.79 Å². The number of amides is 1. The average molecular weight is 292 g/mol. The van der Waals surface area contributed by atoms with Crippen LogP contribution in [0.1, 0.15) is 30.6 Å². The lowest BCUT2D eigenvalue weighted by Gasteiger charge is -2.22. The number of aliphatic carboxylic acids is 1. The van der Waals surface area contributed by atoms with E-state index in [1.54, 1.807) is 12.1 Å². The fourth-order valence-corrected chi connectivity index (χ4v) is 2.28. The molecule has 114 valence electrons. The molecule has 0 spiro atoms. The van der Waals surface area contributed by atoms with Crippen LogP contribution >= 0.6 is 0 Å². The SMILES string of the molecule is CC(C)C[C@@H](NC(=O)c1cccc2c1OCCN2)C(=O)O. The Kier molecular flexibility index (Phi) is 4.67. The number of rotatable bonds is 5. The minimum Gasteiger partial charge on any atom is -0.489 e. The van der Waals surface area contributed by atoms with Gasteiger partial charge in [0.25, 0.3) is 5.91 Å². The lowest BCUT2D eigenvalue weighted by atomic mass is 10.0. The van der Waals surface area contributed by atoms with E-state index in [0.29, 0.717) is 30.9 Å². The van der Waals surface area contributed by atoms with Crippen molar-refractivity contribution in [2.45, 2.75) is 26.3 Å². The molecule has 1 aliphatic rings. The zero-order valence-corrected chi connectivity index (χ0v) is 12.2. The van der Waals surface area contributed by atoms with Gasteiger partial charge < -0.3 is 20.5 Å². The number of para-hydroxylation sites is 1. The first-order chi connectivity index (χ1) is 9.99. The number of fused-ring (bicyclic) bond motifs is 1. The minimum absolute atomic E-state index is 0.175. The third-order valence-corrected chi connectivity index (χ3v) is 3.23. The molecule has 1 amide bonds. The van der Waals surface area contributed by atoms with E-state index in [-0.39, 0.29) is 5.92 Å². The van der Waals surface area contributed by atoms with Crippen molar-refractivity contribution in [3.05, 3.63) is 23.8 Å². The van der Waals surface area contributed by atoms with Gasteiger partial charge in [-0.25, -0.2) is 4.79 Å². The molecule has 21 heavy (non-hydrogen) atoms. The summed E-state index contributed by atoms with van der Waals surface area (Å²) >= 11 is 0. The van der Waals surface area contributed by atoms with Gasteiger partial charge >= 0.3 is 5.97 Å². The first-order valence-corrected chi connectivity index (χ1v) is 7.02. The molecule has 0 unspecified atom stereocenters. The van der Waals surface area contributed by atoms with Crippen LogP contribution in [0.4, 0.5) is 5.69 Å². The predicted octanol–water partition coefficient (Wildman–Crippen LogP) is 1.72. The van der Waals surface area contributed by atoms with Gasteiger partial charge in [0.2, 0.25) is 0 Å². The highest BCUT2D eigenvalue weighted by molar-refractivity contribution is 6.00. The highest BCUT2D eigenvalue weighted by Crippen LogP contribution is 2.31. The number of carbonyl (C=O) groups is 2. The maximum Gasteiger partial charge on any atom is 0.326 e. The topological polar surface area (TPSA) is 87.7 Å². The number of carbonyl (C=O) groups excluding carboxylic acids is 1. The maximum atomic E-state index is 12.3. The van der Waals surface area contributed by atoms with Crippen LogP contribution in [0.5, 0.6) is 5.75 Å². The molecule has 2 rings (SSSR count). The second-order valence-electron chi connectivity index (χ2n) is 5.45. The number of nitrogens with one attached hydrogen (secondary N) is 2. The quantitative estimate of drug-likeness (QED) is 0.769. The molecule has 0 saturated carbocycles. The molecule has 0 fully saturated rings. The summed E-state index contributed by atoms with van der Waals surface area (Å²) in [6.07, 6.45) is 0.384.